The number of rotatable bonds is 47. The van der Waals surface area contributed by atoms with Crippen LogP contribution in [-0.2, 0) is 14.3 Å². The SMILES string of the molecule is CC/C=C\C/C=C\C/C=C\CCCCCCCCCC(=O)NC(COC1OC(CO)C(O)C(O)C1O)C(O)CCCCCCCCCCCCCCCCCCCCCCCCCCC. The molecule has 7 atom stereocenters. The van der Waals surface area contributed by atoms with Gasteiger partial charge in [-0.05, 0) is 44.9 Å². The molecular weight excluding hydrogens is 815 g/mol. The van der Waals surface area contributed by atoms with Gasteiger partial charge in [0, 0.05) is 6.42 Å². The maximum atomic E-state index is 13.0. The van der Waals surface area contributed by atoms with Gasteiger partial charge in [0.25, 0.3) is 0 Å². The molecule has 0 aliphatic carbocycles. The first-order valence-corrected chi connectivity index (χ1v) is 27.7. The van der Waals surface area contributed by atoms with Crippen LogP contribution in [0.15, 0.2) is 36.5 Å². The molecule has 1 rings (SSSR count). The van der Waals surface area contributed by atoms with Crippen molar-refractivity contribution >= 4 is 5.91 Å². The summed E-state index contributed by atoms with van der Waals surface area (Å²) in [5.41, 5.74) is 0. The van der Waals surface area contributed by atoms with Crippen molar-refractivity contribution in [1.82, 2.24) is 5.32 Å². The molecule has 6 N–H and O–H groups in total. The van der Waals surface area contributed by atoms with E-state index in [4.69, 9.17) is 9.47 Å². The molecule has 1 amide bonds. The third kappa shape index (κ3) is 36.1. The van der Waals surface area contributed by atoms with E-state index in [9.17, 15) is 30.3 Å². The van der Waals surface area contributed by atoms with Crippen molar-refractivity contribution in [2.24, 2.45) is 0 Å². The van der Waals surface area contributed by atoms with Crippen molar-refractivity contribution < 1.29 is 39.8 Å². The van der Waals surface area contributed by atoms with E-state index in [-0.39, 0.29) is 12.5 Å². The summed E-state index contributed by atoms with van der Waals surface area (Å²) in [6.07, 6.45) is 51.7. The van der Waals surface area contributed by atoms with Crippen LogP contribution < -0.4 is 5.32 Å². The molecule has 0 aromatic carbocycles. The van der Waals surface area contributed by atoms with Gasteiger partial charge in [-0.3, -0.25) is 4.79 Å². The first-order chi connectivity index (χ1) is 31.8. The number of aliphatic hydroxyl groups excluding tert-OH is 5. The quantitative estimate of drug-likeness (QED) is 0.0261. The lowest BCUT2D eigenvalue weighted by Crippen LogP contribution is -2.60. The number of allylic oxidation sites excluding steroid dienone is 6. The lowest BCUT2D eigenvalue weighted by atomic mass is 9.99. The summed E-state index contributed by atoms with van der Waals surface area (Å²) < 4.78 is 11.3. The van der Waals surface area contributed by atoms with E-state index in [0.29, 0.717) is 12.8 Å². The molecule has 1 fully saturated rings. The standard InChI is InChI=1S/C56H105NO8/c1-3-5-7-9-11-13-15-17-19-21-22-23-24-25-26-27-28-30-31-33-35-37-39-41-43-45-50(59)49(48-64-56-55(63)54(62)53(61)51(47-58)65-56)57-52(60)46-44-42-40-38-36-34-32-29-20-18-16-14-12-10-8-6-4-2/h6,8,12,14,18,20,49-51,53-56,58-59,61-63H,3-5,7,9-11,13,15-17,19,21-48H2,1-2H3,(H,57,60)/b8-6-,14-12-,20-18-. The highest BCUT2D eigenvalue weighted by Crippen LogP contribution is 2.23. The Kier molecular flexibility index (Phi) is 43.6. The summed E-state index contributed by atoms with van der Waals surface area (Å²) >= 11 is 0. The molecule has 382 valence electrons. The zero-order chi connectivity index (χ0) is 47.3. The molecule has 0 radical (unpaired) electrons. The van der Waals surface area contributed by atoms with Crippen molar-refractivity contribution in [3.05, 3.63) is 36.5 Å². The normalized spacial score (nSPS) is 20.1. The topological polar surface area (TPSA) is 149 Å². The second-order valence-corrected chi connectivity index (χ2v) is 19.4. The van der Waals surface area contributed by atoms with Gasteiger partial charge in [-0.25, -0.2) is 0 Å². The molecule has 9 heteroatoms. The molecule has 65 heavy (non-hydrogen) atoms. The summed E-state index contributed by atoms with van der Waals surface area (Å²) in [6, 6.07) is -0.725. The van der Waals surface area contributed by atoms with Gasteiger partial charge < -0.3 is 40.3 Å². The number of carbonyl (C=O) groups excluding carboxylic acids is 1. The summed E-state index contributed by atoms with van der Waals surface area (Å²) in [7, 11) is 0. The molecule has 7 unspecified atom stereocenters. The van der Waals surface area contributed by atoms with Gasteiger partial charge in [-0.2, -0.15) is 0 Å². The van der Waals surface area contributed by atoms with E-state index in [1.807, 2.05) is 0 Å². The van der Waals surface area contributed by atoms with E-state index in [2.05, 4.69) is 55.6 Å². The van der Waals surface area contributed by atoms with Gasteiger partial charge in [0.1, 0.15) is 24.4 Å². The van der Waals surface area contributed by atoms with Crippen LogP contribution in [0.3, 0.4) is 0 Å². The van der Waals surface area contributed by atoms with Crippen LogP contribution in [0.2, 0.25) is 0 Å². The van der Waals surface area contributed by atoms with E-state index in [0.717, 1.165) is 70.6 Å². The highest BCUT2D eigenvalue weighted by Gasteiger charge is 2.44. The van der Waals surface area contributed by atoms with Gasteiger partial charge in [-0.1, -0.05) is 243 Å². The maximum absolute atomic E-state index is 13.0. The minimum atomic E-state index is -1.56. The van der Waals surface area contributed by atoms with Crippen molar-refractivity contribution in [2.75, 3.05) is 13.2 Å². The van der Waals surface area contributed by atoms with E-state index in [1.165, 1.54) is 161 Å². The number of hydrogen-bond acceptors (Lipinski definition) is 8. The van der Waals surface area contributed by atoms with Crippen molar-refractivity contribution in [2.45, 2.75) is 301 Å². The molecule has 1 heterocycles. The number of aliphatic hydroxyl groups is 5. The minimum absolute atomic E-state index is 0.141. The fraction of sp³-hybridized carbons (Fsp3) is 0.875. The third-order valence-corrected chi connectivity index (χ3v) is 13.3. The number of unbranched alkanes of at least 4 members (excludes halogenated alkanes) is 31. The third-order valence-electron chi connectivity index (χ3n) is 13.3. The van der Waals surface area contributed by atoms with Gasteiger partial charge in [0.2, 0.25) is 5.91 Å². The lowest BCUT2D eigenvalue weighted by molar-refractivity contribution is -0.302. The second kappa shape index (κ2) is 46.2. The molecule has 0 bridgehead atoms. The Morgan fingerprint density at radius 3 is 1.42 bits per heavy atom. The fourth-order valence-electron chi connectivity index (χ4n) is 8.88. The number of carbonyl (C=O) groups is 1. The molecule has 1 aliphatic rings. The maximum Gasteiger partial charge on any atom is 0.220 e. The Morgan fingerprint density at radius 1 is 0.538 bits per heavy atom. The lowest BCUT2D eigenvalue weighted by Gasteiger charge is -2.40. The highest BCUT2D eigenvalue weighted by molar-refractivity contribution is 5.76. The predicted octanol–water partition coefficient (Wildman–Crippen LogP) is 13.2. The van der Waals surface area contributed by atoms with Crippen LogP contribution in [0, 0.1) is 0 Å². The molecule has 0 spiro atoms. The van der Waals surface area contributed by atoms with Crippen molar-refractivity contribution in [3.8, 4) is 0 Å². The fourth-order valence-corrected chi connectivity index (χ4v) is 8.88. The Balaban J connectivity index is 2.21. The van der Waals surface area contributed by atoms with Gasteiger partial charge >= 0.3 is 0 Å². The van der Waals surface area contributed by atoms with Crippen molar-refractivity contribution in [3.63, 3.8) is 0 Å². The average Bonchev–Trinajstić information content (AvgIpc) is 3.31. The largest absolute Gasteiger partial charge is 0.394 e. The number of amides is 1. The van der Waals surface area contributed by atoms with Crippen LogP contribution in [0.1, 0.15) is 258 Å². The van der Waals surface area contributed by atoms with Crippen LogP contribution in [0.4, 0.5) is 0 Å². The number of ether oxygens (including phenoxy) is 2. The average molecular weight is 920 g/mol. The summed E-state index contributed by atoms with van der Waals surface area (Å²) in [6.45, 7) is 3.74. The molecule has 1 saturated heterocycles. The zero-order valence-corrected chi connectivity index (χ0v) is 42.3. The highest BCUT2D eigenvalue weighted by atomic mass is 16.7. The molecule has 9 nitrogen and oxygen atoms in total. The van der Waals surface area contributed by atoms with Crippen molar-refractivity contribution in [1.29, 1.82) is 0 Å². The monoisotopic (exact) mass is 920 g/mol. The molecule has 0 aromatic rings. The van der Waals surface area contributed by atoms with E-state index in [1.54, 1.807) is 0 Å². The number of nitrogens with one attached hydrogen (secondary N) is 1. The first-order valence-electron chi connectivity index (χ1n) is 27.7. The Bertz CT molecular complexity index is 1110. The summed E-state index contributed by atoms with van der Waals surface area (Å²) in [4.78, 5) is 13.0. The zero-order valence-electron chi connectivity index (χ0n) is 42.3. The molecule has 0 aromatic heterocycles. The molecule has 1 aliphatic heterocycles. The molecule has 0 saturated carbocycles. The summed E-state index contributed by atoms with van der Waals surface area (Å²) in [5.74, 6) is -0.152. The van der Waals surface area contributed by atoms with Crippen LogP contribution in [0.25, 0.3) is 0 Å². The van der Waals surface area contributed by atoms with Gasteiger partial charge in [0.05, 0.1) is 25.4 Å². The Morgan fingerprint density at radius 2 is 0.954 bits per heavy atom. The van der Waals surface area contributed by atoms with Gasteiger partial charge in [-0.15, -0.1) is 0 Å². The van der Waals surface area contributed by atoms with E-state index < -0.39 is 49.5 Å². The minimum Gasteiger partial charge on any atom is -0.394 e. The molecular formula is C56H105NO8. The number of hydrogen-bond donors (Lipinski definition) is 6. The smallest absolute Gasteiger partial charge is 0.220 e. The van der Waals surface area contributed by atoms with Crippen LogP contribution in [0.5, 0.6) is 0 Å². The second-order valence-electron chi connectivity index (χ2n) is 19.4. The Labute approximate surface area is 400 Å². The van der Waals surface area contributed by atoms with Crippen LogP contribution >= 0.6 is 0 Å². The Hall–Kier alpha value is -1.59. The van der Waals surface area contributed by atoms with E-state index >= 15 is 0 Å². The van der Waals surface area contributed by atoms with Crippen LogP contribution in [-0.4, -0.2) is 87.5 Å². The first kappa shape index (κ1) is 61.4. The summed E-state index contributed by atoms with van der Waals surface area (Å²) in [5, 5.41) is 54.6. The predicted molar refractivity (Wildman–Crippen MR) is 272 cm³/mol. The van der Waals surface area contributed by atoms with Gasteiger partial charge in [0.15, 0.2) is 6.29 Å².